The van der Waals surface area contributed by atoms with Gasteiger partial charge in [0, 0.05) is 12.0 Å². The summed E-state index contributed by atoms with van der Waals surface area (Å²) in [6.07, 6.45) is 0.0327. The maximum Gasteiger partial charge on any atom is 0.323 e. The SMILES string of the molecule is CC(N)(Cc1ccc(CO)c([18F])c1)C(=O)O. The predicted molar refractivity (Wildman–Crippen MR) is 56.3 cm³/mol. The van der Waals surface area contributed by atoms with Gasteiger partial charge in [0.25, 0.3) is 0 Å². The standard InChI is InChI=1S/C11H14FNO3/c1-11(13,10(15)16)5-7-2-3-8(6-14)9(12)4-7/h2-4,14H,5-6,13H2,1H3,(H,15,16)/i12-1. The molecule has 1 aromatic rings. The molecular weight excluding hydrogens is 212 g/mol. The van der Waals surface area contributed by atoms with E-state index in [4.69, 9.17) is 15.9 Å². The lowest BCUT2D eigenvalue weighted by molar-refractivity contribution is -0.142. The molecule has 4 N–H and O–H groups in total. The number of aliphatic hydroxyl groups excluding tert-OH is 1. The summed E-state index contributed by atoms with van der Waals surface area (Å²) in [4.78, 5) is 10.8. The van der Waals surface area contributed by atoms with E-state index in [-0.39, 0.29) is 18.6 Å². The summed E-state index contributed by atoms with van der Waals surface area (Å²) >= 11 is 0. The Kier molecular flexibility index (Phi) is 3.62. The van der Waals surface area contributed by atoms with Gasteiger partial charge >= 0.3 is 5.97 Å². The first-order valence-corrected chi connectivity index (χ1v) is 4.77. The van der Waals surface area contributed by atoms with E-state index >= 15 is 0 Å². The van der Waals surface area contributed by atoms with Crippen molar-refractivity contribution in [2.45, 2.75) is 25.5 Å². The van der Waals surface area contributed by atoms with Crippen molar-refractivity contribution in [3.8, 4) is 0 Å². The second-order valence-electron chi connectivity index (χ2n) is 3.98. The zero-order valence-electron chi connectivity index (χ0n) is 8.90. The number of hydrogen-bond donors (Lipinski definition) is 3. The minimum atomic E-state index is -1.42. The summed E-state index contributed by atoms with van der Waals surface area (Å²) in [6, 6.07) is 4.17. The molecule has 0 amide bonds. The second-order valence-corrected chi connectivity index (χ2v) is 3.98. The lowest BCUT2D eigenvalue weighted by Gasteiger charge is -2.19. The van der Waals surface area contributed by atoms with E-state index in [1.807, 2.05) is 0 Å². The quantitative estimate of drug-likeness (QED) is 0.704. The molecule has 0 radical (unpaired) electrons. The van der Waals surface area contributed by atoms with Crippen LogP contribution < -0.4 is 5.73 Å². The molecule has 0 aliphatic heterocycles. The smallest absolute Gasteiger partial charge is 0.323 e. The first kappa shape index (κ1) is 12.6. The Morgan fingerprint density at radius 1 is 1.56 bits per heavy atom. The highest BCUT2D eigenvalue weighted by molar-refractivity contribution is 5.78. The molecule has 4 nitrogen and oxygen atoms in total. The van der Waals surface area contributed by atoms with Gasteiger partial charge in [-0.3, -0.25) is 4.79 Å². The van der Waals surface area contributed by atoms with Crippen molar-refractivity contribution < 1.29 is 19.4 Å². The fraction of sp³-hybridized carbons (Fsp3) is 0.364. The summed E-state index contributed by atoms with van der Waals surface area (Å²) in [7, 11) is 0. The number of aliphatic hydroxyl groups is 1. The average molecular weight is 226 g/mol. The number of hydrogen-bond acceptors (Lipinski definition) is 3. The van der Waals surface area contributed by atoms with Crippen LogP contribution in [0.5, 0.6) is 0 Å². The van der Waals surface area contributed by atoms with Crippen molar-refractivity contribution in [1.82, 2.24) is 0 Å². The number of carbonyl (C=O) groups is 1. The topological polar surface area (TPSA) is 83.5 Å². The maximum atomic E-state index is 13.3. The Morgan fingerprint density at radius 2 is 2.19 bits per heavy atom. The maximum absolute atomic E-state index is 13.3. The molecule has 0 saturated heterocycles. The molecule has 1 atom stereocenters. The van der Waals surface area contributed by atoms with Gasteiger partial charge in [-0.15, -0.1) is 0 Å². The van der Waals surface area contributed by atoms with Crippen LogP contribution in [0.3, 0.4) is 0 Å². The lowest BCUT2D eigenvalue weighted by atomic mass is 9.93. The monoisotopic (exact) mass is 226 g/mol. The summed E-state index contributed by atoms with van der Waals surface area (Å²) in [5, 5.41) is 17.6. The van der Waals surface area contributed by atoms with Gasteiger partial charge < -0.3 is 15.9 Å². The average Bonchev–Trinajstić information content (AvgIpc) is 2.17. The van der Waals surface area contributed by atoms with Gasteiger partial charge in [-0.1, -0.05) is 12.1 Å². The molecule has 1 rings (SSSR count). The third-order valence-electron chi connectivity index (χ3n) is 2.35. The number of carboxylic acid groups (broad SMARTS) is 1. The summed E-state index contributed by atoms with van der Waals surface area (Å²) in [5.41, 5.74) is 4.78. The number of benzene rings is 1. The number of nitrogens with two attached hydrogens (primary N) is 1. The van der Waals surface area contributed by atoms with Gasteiger partial charge in [0.15, 0.2) is 0 Å². The van der Waals surface area contributed by atoms with Crippen molar-refractivity contribution in [2.24, 2.45) is 5.73 Å². The van der Waals surface area contributed by atoms with Gasteiger partial charge in [0.2, 0.25) is 0 Å². The Balaban J connectivity index is 2.91. The highest BCUT2D eigenvalue weighted by atomic mass is 18.2. The lowest BCUT2D eigenvalue weighted by Crippen LogP contribution is -2.46. The van der Waals surface area contributed by atoms with Crippen molar-refractivity contribution in [2.75, 3.05) is 0 Å². The zero-order valence-corrected chi connectivity index (χ0v) is 8.90. The molecule has 88 valence electrons. The molecular formula is C11H14FNO3. The van der Waals surface area contributed by atoms with E-state index in [0.717, 1.165) is 0 Å². The molecule has 5 heteroatoms. The second kappa shape index (κ2) is 4.59. The molecule has 0 bridgehead atoms. The Hall–Kier alpha value is -1.46. The molecule has 0 aliphatic carbocycles. The Bertz CT molecular complexity index is 404. The van der Waals surface area contributed by atoms with Crippen LogP contribution in [0, 0.1) is 5.82 Å². The van der Waals surface area contributed by atoms with E-state index < -0.39 is 17.3 Å². The normalized spacial score (nSPS) is 14.5. The van der Waals surface area contributed by atoms with Crippen LogP contribution in [0.25, 0.3) is 0 Å². The summed E-state index contributed by atoms with van der Waals surface area (Å²) < 4.78 is 13.3. The van der Waals surface area contributed by atoms with Crippen molar-refractivity contribution in [1.29, 1.82) is 0 Å². The van der Waals surface area contributed by atoms with Crippen molar-refractivity contribution in [3.05, 3.63) is 35.1 Å². The number of rotatable bonds is 4. The number of aliphatic carboxylic acids is 1. The Labute approximate surface area is 92.5 Å². The van der Waals surface area contributed by atoms with Gasteiger partial charge in [-0.2, -0.15) is 0 Å². The third-order valence-corrected chi connectivity index (χ3v) is 2.35. The van der Waals surface area contributed by atoms with Crippen LogP contribution in [0.15, 0.2) is 18.2 Å². The summed E-state index contributed by atoms with van der Waals surface area (Å²) in [6.45, 7) is 0.984. The first-order chi connectivity index (χ1) is 7.36. The largest absolute Gasteiger partial charge is 0.480 e. The third kappa shape index (κ3) is 2.77. The molecule has 0 fully saturated rings. The van der Waals surface area contributed by atoms with E-state index in [1.54, 1.807) is 6.07 Å². The molecule has 1 unspecified atom stereocenters. The molecule has 0 heterocycles. The van der Waals surface area contributed by atoms with E-state index in [1.165, 1.54) is 19.1 Å². The van der Waals surface area contributed by atoms with Gasteiger partial charge in [-0.05, 0) is 18.6 Å². The predicted octanol–water partition coefficient (Wildman–Crippen LogP) is 0.663. The van der Waals surface area contributed by atoms with E-state index in [9.17, 15) is 9.18 Å². The van der Waals surface area contributed by atoms with Gasteiger partial charge in [0.1, 0.15) is 11.4 Å². The minimum Gasteiger partial charge on any atom is -0.480 e. The van der Waals surface area contributed by atoms with Crippen LogP contribution in [-0.4, -0.2) is 21.7 Å². The van der Waals surface area contributed by atoms with Gasteiger partial charge in [-0.25, -0.2) is 4.39 Å². The van der Waals surface area contributed by atoms with Crippen LogP contribution in [0.1, 0.15) is 18.1 Å². The molecule has 0 aliphatic rings. The van der Waals surface area contributed by atoms with Gasteiger partial charge in [0.05, 0.1) is 6.61 Å². The number of halogens is 1. The van der Waals surface area contributed by atoms with Crippen LogP contribution >= 0.6 is 0 Å². The highest BCUT2D eigenvalue weighted by Crippen LogP contribution is 2.15. The highest BCUT2D eigenvalue weighted by Gasteiger charge is 2.28. The fourth-order valence-electron chi connectivity index (χ4n) is 1.33. The summed E-state index contributed by atoms with van der Waals surface area (Å²) in [5.74, 6) is -1.69. The molecule has 0 saturated carbocycles. The van der Waals surface area contributed by atoms with Crippen molar-refractivity contribution in [3.63, 3.8) is 0 Å². The first-order valence-electron chi connectivity index (χ1n) is 4.77. The van der Waals surface area contributed by atoms with Crippen LogP contribution in [-0.2, 0) is 17.8 Å². The molecule has 0 spiro atoms. The minimum absolute atomic E-state index is 0.0327. The fourth-order valence-corrected chi connectivity index (χ4v) is 1.33. The molecule has 0 aromatic heterocycles. The van der Waals surface area contributed by atoms with Crippen LogP contribution in [0.4, 0.5) is 4.39 Å². The molecule has 16 heavy (non-hydrogen) atoms. The van der Waals surface area contributed by atoms with E-state index in [2.05, 4.69) is 0 Å². The van der Waals surface area contributed by atoms with Crippen molar-refractivity contribution >= 4 is 5.97 Å². The van der Waals surface area contributed by atoms with Crippen LogP contribution in [0.2, 0.25) is 0 Å². The molecule has 1 aromatic carbocycles. The zero-order chi connectivity index (χ0) is 12.3. The number of carboxylic acids is 1. The Morgan fingerprint density at radius 3 is 2.62 bits per heavy atom. The van der Waals surface area contributed by atoms with E-state index in [0.29, 0.717) is 5.56 Å².